The van der Waals surface area contributed by atoms with Crippen molar-refractivity contribution >= 4 is 11.0 Å². The molecule has 0 saturated heterocycles. The first-order valence-corrected chi connectivity index (χ1v) is 13.1. The molecular weight excluding hydrogens is 388 g/mol. The Hall–Kier alpha value is -2.09. The molecule has 32 heavy (non-hydrogen) atoms. The number of hydrogen-bond donors (Lipinski definition) is 0. The SMILES string of the molecule is CCCCCCCCCCCn1c([C@@H](C)c2ccc(CC(C)C)cc2)nc2ccccc21. The number of unbranched alkanes of at least 4 members (excludes halogenated alkanes) is 8. The maximum Gasteiger partial charge on any atom is 0.117 e. The third-order valence-electron chi connectivity index (χ3n) is 6.68. The predicted molar refractivity (Wildman–Crippen MR) is 139 cm³/mol. The number of fused-ring (bicyclic) bond motifs is 1. The van der Waals surface area contributed by atoms with Gasteiger partial charge in [0.2, 0.25) is 0 Å². The van der Waals surface area contributed by atoms with Crippen LogP contribution in [0.2, 0.25) is 0 Å². The smallest absolute Gasteiger partial charge is 0.117 e. The number of aryl methyl sites for hydroxylation is 1. The standard InChI is InChI=1S/C30H44N2/c1-5-6-7-8-9-10-11-12-15-22-32-29-17-14-13-16-28(29)31-30(32)25(4)27-20-18-26(19-21-27)23-24(2)3/h13-14,16-21,24-25H,5-12,15,22-23H2,1-4H3/t25-/m0/s1. The van der Waals surface area contributed by atoms with Gasteiger partial charge < -0.3 is 4.57 Å². The van der Waals surface area contributed by atoms with E-state index in [4.69, 9.17) is 4.98 Å². The lowest BCUT2D eigenvalue weighted by molar-refractivity contribution is 0.533. The van der Waals surface area contributed by atoms with E-state index in [2.05, 4.69) is 80.8 Å². The van der Waals surface area contributed by atoms with Crippen LogP contribution >= 0.6 is 0 Å². The summed E-state index contributed by atoms with van der Waals surface area (Å²) in [5.74, 6) is 2.20. The lowest BCUT2D eigenvalue weighted by atomic mass is 9.96. The molecule has 0 unspecified atom stereocenters. The van der Waals surface area contributed by atoms with Gasteiger partial charge in [-0.1, -0.05) is 115 Å². The molecule has 0 bridgehead atoms. The topological polar surface area (TPSA) is 17.8 Å². The van der Waals surface area contributed by atoms with Crippen molar-refractivity contribution in [3.63, 3.8) is 0 Å². The Kier molecular flexibility index (Phi) is 9.84. The number of hydrogen-bond acceptors (Lipinski definition) is 1. The van der Waals surface area contributed by atoms with Gasteiger partial charge in [-0.3, -0.25) is 0 Å². The summed E-state index contributed by atoms with van der Waals surface area (Å²) in [6, 6.07) is 17.9. The highest BCUT2D eigenvalue weighted by Gasteiger charge is 2.18. The van der Waals surface area contributed by atoms with Gasteiger partial charge in [0.05, 0.1) is 11.0 Å². The first-order valence-electron chi connectivity index (χ1n) is 13.1. The van der Waals surface area contributed by atoms with Crippen LogP contribution in [-0.4, -0.2) is 9.55 Å². The molecule has 0 N–H and O–H groups in total. The summed E-state index contributed by atoms with van der Waals surface area (Å²) >= 11 is 0. The number of aromatic nitrogens is 2. The second-order valence-corrected chi connectivity index (χ2v) is 10.0. The van der Waals surface area contributed by atoms with E-state index >= 15 is 0 Å². The molecule has 1 heterocycles. The first kappa shape index (κ1) is 24.6. The number of rotatable bonds is 14. The zero-order chi connectivity index (χ0) is 22.8. The third-order valence-corrected chi connectivity index (χ3v) is 6.68. The Bertz CT molecular complexity index is 920. The van der Waals surface area contributed by atoms with Crippen LogP contribution in [0.1, 0.15) is 108 Å². The molecule has 2 nitrogen and oxygen atoms in total. The van der Waals surface area contributed by atoms with Gasteiger partial charge in [0, 0.05) is 12.5 Å². The summed E-state index contributed by atoms with van der Waals surface area (Å²) in [6.45, 7) is 10.2. The lowest BCUT2D eigenvalue weighted by Crippen LogP contribution is -2.09. The molecule has 2 heteroatoms. The number of imidazole rings is 1. The number of benzene rings is 2. The minimum Gasteiger partial charge on any atom is -0.327 e. The fourth-order valence-corrected chi connectivity index (χ4v) is 4.80. The van der Waals surface area contributed by atoms with Crippen LogP contribution in [0.3, 0.4) is 0 Å². The summed E-state index contributed by atoms with van der Waals surface area (Å²) < 4.78 is 2.49. The second kappa shape index (κ2) is 12.8. The molecule has 0 aliphatic heterocycles. The fourth-order valence-electron chi connectivity index (χ4n) is 4.80. The second-order valence-electron chi connectivity index (χ2n) is 10.0. The van der Waals surface area contributed by atoms with Gasteiger partial charge in [-0.25, -0.2) is 4.98 Å². The quantitative estimate of drug-likeness (QED) is 0.232. The van der Waals surface area contributed by atoms with E-state index in [9.17, 15) is 0 Å². The van der Waals surface area contributed by atoms with E-state index in [1.807, 2.05) is 0 Å². The fraction of sp³-hybridized carbons (Fsp3) is 0.567. The first-order chi connectivity index (χ1) is 15.6. The highest BCUT2D eigenvalue weighted by molar-refractivity contribution is 5.76. The van der Waals surface area contributed by atoms with Crippen LogP contribution in [0.15, 0.2) is 48.5 Å². The Morgan fingerprint density at radius 2 is 1.38 bits per heavy atom. The maximum absolute atomic E-state index is 5.08. The van der Waals surface area contributed by atoms with Crippen molar-refractivity contribution in [2.45, 2.75) is 104 Å². The van der Waals surface area contributed by atoms with Crippen molar-refractivity contribution in [1.29, 1.82) is 0 Å². The van der Waals surface area contributed by atoms with Crippen LogP contribution < -0.4 is 0 Å². The molecule has 1 atom stereocenters. The Morgan fingerprint density at radius 3 is 2.03 bits per heavy atom. The minimum atomic E-state index is 0.300. The normalized spacial score (nSPS) is 12.7. The number of nitrogens with zero attached hydrogens (tertiary/aromatic N) is 2. The van der Waals surface area contributed by atoms with Crippen LogP contribution in [0.4, 0.5) is 0 Å². The average molecular weight is 433 g/mol. The minimum absolute atomic E-state index is 0.300. The predicted octanol–water partition coefficient (Wildman–Crippen LogP) is 8.92. The van der Waals surface area contributed by atoms with Crippen molar-refractivity contribution in [2.75, 3.05) is 0 Å². The van der Waals surface area contributed by atoms with E-state index in [-0.39, 0.29) is 0 Å². The molecule has 1 aromatic heterocycles. The molecule has 3 rings (SSSR count). The summed E-state index contributed by atoms with van der Waals surface area (Å²) in [7, 11) is 0. The molecule has 0 aliphatic carbocycles. The maximum atomic E-state index is 5.08. The zero-order valence-corrected chi connectivity index (χ0v) is 20.9. The van der Waals surface area contributed by atoms with E-state index in [1.165, 1.54) is 80.3 Å². The highest BCUT2D eigenvalue weighted by atomic mass is 15.1. The molecule has 0 aliphatic rings. The molecule has 0 radical (unpaired) electrons. The highest BCUT2D eigenvalue weighted by Crippen LogP contribution is 2.28. The lowest BCUT2D eigenvalue weighted by Gasteiger charge is -2.16. The van der Waals surface area contributed by atoms with Crippen molar-refractivity contribution < 1.29 is 0 Å². The van der Waals surface area contributed by atoms with Gasteiger partial charge in [0.15, 0.2) is 0 Å². The Labute approximate surface area is 196 Å². The summed E-state index contributed by atoms with van der Waals surface area (Å²) in [6.07, 6.45) is 13.4. The molecule has 0 saturated carbocycles. The van der Waals surface area contributed by atoms with E-state index < -0.39 is 0 Å². The van der Waals surface area contributed by atoms with Gasteiger partial charge in [-0.2, -0.15) is 0 Å². The van der Waals surface area contributed by atoms with Gasteiger partial charge in [0.25, 0.3) is 0 Å². The monoisotopic (exact) mass is 432 g/mol. The molecule has 0 spiro atoms. The number of para-hydroxylation sites is 2. The largest absolute Gasteiger partial charge is 0.327 e. The van der Waals surface area contributed by atoms with Crippen molar-refractivity contribution in [3.05, 3.63) is 65.5 Å². The molecule has 0 fully saturated rings. The summed E-state index contributed by atoms with van der Waals surface area (Å²) in [5, 5.41) is 0. The zero-order valence-electron chi connectivity index (χ0n) is 20.9. The van der Waals surface area contributed by atoms with Crippen molar-refractivity contribution in [1.82, 2.24) is 9.55 Å². The van der Waals surface area contributed by atoms with E-state index in [0.717, 1.165) is 18.5 Å². The van der Waals surface area contributed by atoms with Gasteiger partial charge in [0.1, 0.15) is 5.82 Å². The van der Waals surface area contributed by atoms with E-state index in [0.29, 0.717) is 11.8 Å². The third kappa shape index (κ3) is 6.95. The molecule has 174 valence electrons. The van der Waals surface area contributed by atoms with Crippen molar-refractivity contribution in [2.24, 2.45) is 5.92 Å². The Balaban J connectivity index is 1.63. The summed E-state index contributed by atoms with van der Waals surface area (Å²) in [4.78, 5) is 5.08. The molecule has 2 aromatic carbocycles. The van der Waals surface area contributed by atoms with Gasteiger partial charge in [-0.15, -0.1) is 0 Å². The van der Waals surface area contributed by atoms with Crippen LogP contribution in [0.25, 0.3) is 11.0 Å². The van der Waals surface area contributed by atoms with Crippen LogP contribution in [0.5, 0.6) is 0 Å². The molecule has 3 aromatic rings. The van der Waals surface area contributed by atoms with Gasteiger partial charge in [-0.05, 0) is 42.0 Å². The molecular formula is C30H44N2. The van der Waals surface area contributed by atoms with Crippen LogP contribution in [0, 0.1) is 5.92 Å². The average Bonchev–Trinajstić information content (AvgIpc) is 3.16. The van der Waals surface area contributed by atoms with Gasteiger partial charge >= 0.3 is 0 Å². The van der Waals surface area contributed by atoms with Crippen LogP contribution in [-0.2, 0) is 13.0 Å². The van der Waals surface area contributed by atoms with Crippen molar-refractivity contribution in [3.8, 4) is 0 Å². The summed E-state index contributed by atoms with van der Waals surface area (Å²) in [5.41, 5.74) is 5.20. The van der Waals surface area contributed by atoms with E-state index in [1.54, 1.807) is 0 Å². The molecule has 0 amide bonds. The Morgan fingerprint density at radius 1 is 0.750 bits per heavy atom.